The van der Waals surface area contributed by atoms with Crippen LogP contribution in [0.1, 0.15) is 10.4 Å². The van der Waals surface area contributed by atoms with E-state index in [0.717, 1.165) is 0 Å². The normalized spacial score (nSPS) is 10.5. The Hall–Kier alpha value is -3.15. The first kappa shape index (κ1) is 14.8. The number of Topliss-reactive ketones (excluding diaryl/α,β-unsaturated/α-hetero) is 1. The van der Waals surface area contributed by atoms with Crippen LogP contribution in [0.2, 0.25) is 0 Å². The molecule has 23 heavy (non-hydrogen) atoms. The van der Waals surface area contributed by atoms with E-state index in [2.05, 4.69) is 10.3 Å². The van der Waals surface area contributed by atoms with Gasteiger partial charge in [-0.05, 0) is 30.3 Å². The third-order valence-electron chi connectivity index (χ3n) is 3.42. The van der Waals surface area contributed by atoms with Crippen LogP contribution in [0, 0.1) is 5.82 Å². The number of ketones is 1. The van der Waals surface area contributed by atoms with Gasteiger partial charge in [-0.25, -0.2) is 4.39 Å². The molecule has 2 aromatic carbocycles. The fraction of sp³-hybridized carbons (Fsp3) is 0.0588. The predicted molar refractivity (Wildman–Crippen MR) is 84.2 cm³/mol. The summed E-state index contributed by atoms with van der Waals surface area (Å²) >= 11 is 0. The van der Waals surface area contributed by atoms with Gasteiger partial charge in [0.25, 0.3) is 11.7 Å². The Morgan fingerprint density at radius 1 is 1.17 bits per heavy atom. The molecule has 0 aliphatic carbocycles. The third-order valence-corrected chi connectivity index (χ3v) is 3.42. The smallest absolute Gasteiger partial charge is 0.296 e. The van der Waals surface area contributed by atoms with E-state index in [1.165, 1.54) is 31.5 Å². The lowest BCUT2D eigenvalue weighted by atomic mass is 10.1. The van der Waals surface area contributed by atoms with Gasteiger partial charge in [-0.2, -0.15) is 0 Å². The van der Waals surface area contributed by atoms with Crippen LogP contribution < -0.4 is 10.1 Å². The van der Waals surface area contributed by atoms with Gasteiger partial charge in [-0.1, -0.05) is 6.07 Å². The molecule has 3 aromatic rings. The number of carbonyl (C=O) groups excluding carboxylic acids is 2. The zero-order chi connectivity index (χ0) is 16.4. The molecule has 6 heteroatoms. The maximum atomic E-state index is 13.3. The van der Waals surface area contributed by atoms with Crippen LogP contribution in [-0.4, -0.2) is 23.8 Å². The number of amides is 1. The molecular weight excluding hydrogens is 299 g/mol. The average Bonchev–Trinajstić information content (AvgIpc) is 2.97. The average molecular weight is 312 g/mol. The molecule has 2 N–H and O–H groups in total. The minimum Gasteiger partial charge on any atom is -0.497 e. The lowest BCUT2D eigenvalue weighted by Gasteiger charge is -2.06. The van der Waals surface area contributed by atoms with Crippen molar-refractivity contribution in [3.05, 3.63) is 60.0 Å². The van der Waals surface area contributed by atoms with Crippen molar-refractivity contribution in [1.29, 1.82) is 0 Å². The van der Waals surface area contributed by atoms with Crippen LogP contribution in [0.25, 0.3) is 10.9 Å². The molecule has 0 aliphatic rings. The molecule has 0 radical (unpaired) electrons. The van der Waals surface area contributed by atoms with Crippen LogP contribution >= 0.6 is 0 Å². The van der Waals surface area contributed by atoms with Crippen LogP contribution in [0.5, 0.6) is 5.75 Å². The summed E-state index contributed by atoms with van der Waals surface area (Å²) in [4.78, 5) is 27.3. The highest BCUT2D eigenvalue weighted by Gasteiger charge is 2.20. The molecule has 0 spiro atoms. The highest BCUT2D eigenvalue weighted by molar-refractivity contribution is 6.48. The second kappa shape index (κ2) is 5.92. The quantitative estimate of drug-likeness (QED) is 0.574. The van der Waals surface area contributed by atoms with Crippen LogP contribution in [-0.2, 0) is 4.79 Å². The van der Waals surface area contributed by atoms with Crippen molar-refractivity contribution in [1.82, 2.24) is 4.98 Å². The number of aromatic amines is 1. The first-order valence-electron chi connectivity index (χ1n) is 6.85. The first-order valence-corrected chi connectivity index (χ1v) is 6.85. The summed E-state index contributed by atoms with van der Waals surface area (Å²) in [5.74, 6) is -1.46. The number of fused-ring (bicyclic) bond motifs is 1. The Morgan fingerprint density at radius 2 is 2.00 bits per heavy atom. The second-order valence-electron chi connectivity index (χ2n) is 4.91. The lowest BCUT2D eigenvalue weighted by molar-refractivity contribution is -0.112. The number of hydrogen-bond acceptors (Lipinski definition) is 3. The highest BCUT2D eigenvalue weighted by atomic mass is 19.1. The summed E-state index contributed by atoms with van der Waals surface area (Å²) in [7, 11) is 1.51. The summed E-state index contributed by atoms with van der Waals surface area (Å²) in [5.41, 5.74) is 1.15. The third kappa shape index (κ3) is 2.91. The summed E-state index contributed by atoms with van der Waals surface area (Å²) < 4.78 is 18.4. The Bertz CT molecular complexity index is 902. The van der Waals surface area contributed by atoms with Crippen molar-refractivity contribution < 1.29 is 18.7 Å². The topological polar surface area (TPSA) is 71.2 Å². The van der Waals surface area contributed by atoms with Gasteiger partial charge in [0, 0.05) is 28.9 Å². The van der Waals surface area contributed by atoms with Crippen LogP contribution in [0.15, 0.2) is 48.7 Å². The van der Waals surface area contributed by atoms with E-state index >= 15 is 0 Å². The van der Waals surface area contributed by atoms with Gasteiger partial charge in [0.1, 0.15) is 11.6 Å². The lowest BCUT2D eigenvalue weighted by Crippen LogP contribution is -2.22. The van der Waals surface area contributed by atoms with Crippen LogP contribution in [0.3, 0.4) is 0 Å². The summed E-state index contributed by atoms with van der Waals surface area (Å²) in [6.45, 7) is 0. The van der Waals surface area contributed by atoms with Gasteiger partial charge in [0.05, 0.1) is 12.7 Å². The number of halogens is 1. The summed E-state index contributed by atoms with van der Waals surface area (Å²) in [6, 6.07) is 10.7. The van der Waals surface area contributed by atoms with Gasteiger partial charge in [0.2, 0.25) is 0 Å². The number of benzene rings is 2. The minimum absolute atomic E-state index is 0.125. The van der Waals surface area contributed by atoms with Gasteiger partial charge in [-0.15, -0.1) is 0 Å². The molecule has 0 bridgehead atoms. The maximum Gasteiger partial charge on any atom is 0.296 e. The van der Waals surface area contributed by atoms with Gasteiger partial charge in [-0.3, -0.25) is 9.59 Å². The SMILES string of the molecule is COc1cccc(NC(=O)C(=O)c2c[nH]c3ccc(F)cc23)c1. The van der Waals surface area contributed by atoms with Crippen molar-refractivity contribution >= 4 is 28.3 Å². The molecule has 116 valence electrons. The molecule has 5 nitrogen and oxygen atoms in total. The molecule has 0 saturated carbocycles. The maximum absolute atomic E-state index is 13.3. The number of aromatic nitrogens is 1. The van der Waals surface area contributed by atoms with Gasteiger partial charge < -0.3 is 15.0 Å². The molecule has 0 aliphatic heterocycles. The largest absolute Gasteiger partial charge is 0.497 e. The van der Waals surface area contributed by atoms with Crippen molar-refractivity contribution in [3.8, 4) is 5.75 Å². The Morgan fingerprint density at radius 3 is 2.78 bits per heavy atom. The van der Waals surface area contributed by atoms with E-state index in [1.807, 2.05) is 0 Å². The fourth-order valence-electron chi connectivity index (χ4n) is 2.29. The molecule has 0 fully saturated rings. The fourth-order valence-corrected chi connectivity index (χ4v) is 2.29. The molecule has 0 saturated heterocycles. The number of H-pyrrole nitrogens is 1. The Kier molecular flexibility index (Phi) is 3.80. The van der Waals surface area contributed by atoms with Crippen LogP contribution in [0.4, 0.5) is 10.1 Å². The van der Waals surface area contributed by atoms with E-state index in [0.29, 0.717) is 22.3 Å². The van der Waals surface area contributed by atoms with Gasteiger partial charge in [0.15, 0.2) is 0 Å². The Labute approximate surface area is 131 Å². The molecule has 1 heterocycles. The molecule has 0 unspecified atom stereocenters. The van der Waals surface area contributed by atoms with E-state index in [-0.39, 0.29) is 5.56 Å². The first-order chi connectivity index (χ1) is 11.1. The van der Waals surface area contributed by atoms with E-state index in [9.17, 15) is 14.0 Å². The molecule has 1 amide bonds. The van der Waals surface area contributed by atoms with Gasteiger partial charge >= 0.3 is 0 Å². The van der Waals surface area contributed by atoms with Crippen molar-refractivity contribution in [3.63, 3.8) is 0 Å². The number of carbonyl (C=O) groups is 2. The Balaban J connectivity index is 1.86. The summed E-state index contributed by atoms with van der Waals surface area (Å²) in [6.07, 6.45) is 1.40. The minimum atomic E-state index is -0.802. The molecule has 0 atom stereocenters. The predicted octanol–water partition coefficient (Wildman–Crippen LogP) is 3.14. The molecule has 1 aromatic heterocycles. The van der Waals surface area contributed by atoms with E-state index < -0.39 is 17.5 Å². The summed E-state index contributed by atoms with van der Waals surface area (Å²) in [5, 5.41) is 2.88. The highest BCUT2D eigenvalue weighted by Crippen LogP contribution is 2.21. The second-order valence-corrected chi connectivity index (χ2v) is 4.91. The number of rotatable bonds is 4. The molecule has 3 rings (SSSR count). The van der Waals surface area contributed by atoms with Crippen molar-refractivity contribution in [2.45, 2.75) is 0 Å². The number of methoxy groups -OCH3 is 1. The zero-order valence-electron chi connectivity index (χ0n) is 12.2. The molecular formula is C17H13FN2O3. The monoisotopic (exact) mass is 312 g/mol. The number of nitrogens with one attached hydrogen (secondary N) is 2. The van der Waals surface area contributed by atoms with Crippen molar-refractivity contribution in [2.75, 3.05) is 12.4 Å². The number of anilines is 1. The van der Waals surface area contributed by atoms with E-state index in [1.54, 1.807) is 24.3 Å². The standard InChI is InChI=1S/C17H13FN2O3/c1-23-12-4-2-3-11(8-12)20-17(22)16(21)14-9-19-15-6-5-10(18)7-13(14)15/h2-9,19H,1H3,(H,20,22). The number of ether oxygens (including phenoxy) is 1. The van der Waals surface area contributed by atoms with Crippen molar-refractivity contribution in [2.24, 2.45) is 0 Å². The van der Waals surface area contributed by atoms with E-state index in [4.69, 9.17) is 4.74 Å². The zero-order valence-corrected chi connectivity index (χ0v) is 12.2. The number of hydrogen-bond donors (Lipinski definition) is 2.